The number of hydrogen-bond donors (Lipinski definition) is 0. The minimum atomic E-state index is 0.262. The molecule has 0 aromatic heterocycles. The zero-order valence-corrected chi connectivity index (χ0v) is 22.6. The van der Waals surface area contributed by atoms with Gasteiger partial charge in [-0.2, -0.15) is 0 Å². The van der Waals surface area contributed by atoms with Crippen LogP contribution in [0.15, 0.2) is 0 Å². The number of carbonyl (C=O) groups is 1. The van der Waals surface area contributed by atoms with Gasteiger partial charge in [0.05, 0.1) is 0 Å². The van der Waals surface area contributed by atoms with Gasteiger partial charge in [0.15, 0.2) is 0 Å². The first-order chi connectivity index (χ1) is 10.9. The van der Waals surface area contributed by atoms with E-state index in [9.17, 15) is 0 Å². The van der Waals surface area contributed by atoms with Crippen molar-refractivity contribution in [1.29, 1.82) is 0 Å². The molecule has 0 aromatic carbocycles. The van der Waals surface area contributed by atoms with Crippen LogP contribution >= 0.6 is 25.5 Å². The van der Waals surface area contributed by atoms with Crippen LogP contribution in [0.1, 0.15) is 83.1 Å². The SMILES string of the molecule is C=O.CC(C)P(C(C)C)C(C)C.CC(C)P(C(C)C)C(C)C.[Cl][RuH]. The molecule has 0 aliphatic carbocycles. The predicted octanol–water partition coefficient (Wildman–Crippen LogP) is 7.62. The van der Waals surface area contributed by atoms with Gasteiger partial charge in [0, 0.05) is 0 Å². The Kier molecular flexibility index (Phi) is 28.6. The van der Waals surface area contributed by atoms with E-state index in [0.29, 0.717) is 0 Å². The van der Waals surface area contributed by atoms with Gasteiger partial charge < -0.3 is 4.79 Å². The Morgan fingerprint density at radius 3 is 0.583 bits per heavy atom. The van der Waals surface area contributed by atoms with Gasteiger partial charge in [-0.05, 0) is 34.0 Å². The van der Waals surface area contributed by atoms with Crippen LogP contribution in [0.4, 0.5) is 0 Å². The second kappa shape index (κ2) is 20.8. The Balaban J connectivity index is -0.000000138. The quantitative estimate of drug-likeness (QED) is 0.278. The Morgan fingerprint density at radius 1 is 0.500 bits per heavy atom. The van der Waals surface area contributed by atoms with Crippen molar-refractivity contribution in [3.05, 3.63) is 0 Å². The molecule has 0 spiro atoms. The summed E-state index contributed by atoms with van der Waals surface area (Å²) in [6, 6.07) is 0. The Labute approximate surface area is 171 Å². The van der Waals surface area contributed by atoms with Crippen LogP contribution in [0, 0.1) is 0 Å². The first kappa shape index (κ1) is 33.1. The number of rotatable bonds is 6. The summed E-state index contributed by atoms with van der Waals surface area (Å²) in [6.45, 7) is 30.2. The molecule has 0 N–H and O–H groups in total. The van der Waals surface area contributed by atoms with Crippen LogP contribution in [0.3, 0.4) is 0 Å². The molecule has 0 heterocycles. The first-order valence-electron chi connectivity index (χ1n) is 8.91. The van der Waals surface area contributed by atoms with Gasteiger partial charge in [-0.1, -0.05) is 98.9 Å². The predicted molar refractivity (Wildman–Crippen MR) is 119 cm³/mol. The van der Waals surface area contributed by atoms with Gasteiger partial charge >= 0.3 is 27.0 Å². The van der Waals surface area contributed by atoms with Crippen LogP contribution in [-0.4, -0.2) is 40.7 Å². The number of carbonyl (C=O) groups excluding carboxylic acids is 1. The van der Waals surface area contributed by atoms with Crippen molar-refractivity contribution >= 4 is 32.3 Å². The fourth-order valence-electron chi connectivity index (χ4n) is 3.58. The van der Waals surface area contributed by atoms with E-state index in [4.69, 9.17) is 4.79 Å². The number of hydrogen-bond acceptors (Lipinski definition) is 1. The van der Waals surface area contributed by atoms with E-state index < -0.39 is 0 Å². The van der Waals surface area contributed by atoms with Gasteiger partial charge in [-0.3, -0.25) is 0 Å². The molecule has 0 saturated heterocycles. The summed E-state index contributed by atoms with van der Waals surface area (Å²) in [5.41, 5.74) is 5.39. The van der Waals surface area contributed by atoms with E-state index in [0.717, 1.165) is 34.0 Å². The Morgan fingerprint density at radius 2 is 0.583 bits per heavy atom. The van der Waals surface area contributed by atoms with Gasteiger partial charge in [0.25, 0.3) is 0 Å². The maximum atomic E-state index is 8.00. The van der Waals surface area contributed by atoms with Crippen molar-refractivity contribution in [1.82, 2.24) is 0 Å². The van der Waals surface area contributed by atoms with Crippen molar-refractivity contribution in [2.24, 2.45) is 0 Å². The van der Waals surface area contributed by atoms with Crippen molar-refractivity contribution in [3.63, 3.8) is 0 Å². The zero-order valence-electron chi connectivity index (χ0n) is 18.2. The van der Waals surface area contributed by atoms with E-state index in [-0.39, 0.29) is 15.8 Å². The summed E-state index contributed by atoms with van der Waals surface area (Å²) >= 11 is 1.62. The summed E-state index contributed by atoms with van der Waals surface area (Å²) in [4.78, 5) is 8.00. The molecule has 0 amide bonds. The van der Waals surface area contributed by atoms with Crippen LogP contribution in [0.25, 0.3) is 0 Å². The summed E-state index contributed by atoms with van der Waals surface area (Å²) < 4.78 is 0. The fraction of sp³-hybridized carbons (Fsp3) is 0.947. The summed E-state index contributed by atoms with van der Waals surface area (Å²) in [6.07, 6.45) is 0. The minimum absolute atomic E-state index is 0.262. The molecule has 0 aliphatic rings. The van der Waals surface area contributed by atoms with Gasteiger partial charge in [-0.15, -0.1) is 0 Å². The summed E-state index contributed by atoms with van der Waals surface area (Å²) in [5.74, 6) is 0. The van der Waals surface area contributed by atoms with E-state index in [1.165, 1.54) is 0 Å². The second-order valence-corrected chi connectivity index (χ2v) is 15.4. The summed E-state index contributed by atoms with van der Waals surface area (Å²) in [5, 5.41) is 0. The van der Waals surface area contributed by atoms with Gasteiger partial charge in [0.1, 0.15) is 6.79 Å². The average Bonchev–Trinajstić information content (AvgIpc) is 2.40. The van der Waals surface area contributed by atoms with E-state index >= 15 is 0 Å². The molecule has 0 atom stereocenters. The third-order valence-electron chi connectivity index (χ3n) is 3.58. The van der Waals surface area contributed by atoms with E-state index in [1.807, 2.05) is 6.79 Å². The van der Waals surface area contributed by atoms with E-state index in [2.05, 4.69) is 92.8 Å². The van der Waals surface area contributed by atoms with Crippen LogP contribution in [0.5, 0.6) is 0 Å². The van der Waals surface area contributed by atoms with Crippen molar-refractivity contribution in [2.45, 2.75) is 117 Å². The van der Waals surface area contributed by atoms with Crippen molar-refractivity contribution in [3.8, 4) is 0 Å². The molecule has 0 saturated carbocycles. The molecule has 0 unspecified atom stereocenters. The zero-order chi connectivity index (χ0) is 20.6. The third kappa shape index (κ3) is 18.2. The normalized spacial score (nSPS) is 11.0. The molecule has 1 nitrogen and oxygen atoms in total. The molecule has 24 heavy (non-hydrogen) atoms. The molecule has 152 valence electrons. The molecule has 0 radical (unpaired) electrons. The van der Waals surface area contributed by atoms with Crippen LogP contribution < -0.4 is 0 Å². The topological polar surface area (TPSA) is 17.1 Å². The second-order valence-electron chi connectivity index (χ2n) is 7.46. The molecular formula is C19H45ClOP2Ru. The fourth-order valence-corrected chi connectivity index (χ4v) is 10.7. The van der Waals surface area contributed by atoms with Crippen LogP contribution in [-0.2, 0) is 22.1 Å². The molecule has 0 fully saturated rings. The monoisotopic (exact) mass is 488 g/mol. The molecular weight excluding hydrogens is 443 g/mol. The summed E-state index contributed by atoms with van der Waals surface area (Å²) in [7, 11) is 5.13. The van der Waals surface area contributed by atoms with E-state index in [1.54, 1.807) is 17.3 Å². The van der Waals surface area contributed by atoms with Crippen molar-refractivity contribution in [2.75, 3.05) is 0 Å². The number of halogens is 1. The standard InChI is InChI=1S/2C9H21P.CH2O.ClH.Ru.H/c2*1-7(2)10(8(3)4)9(5)6;1-2;;;/h2*7-9H,1-6H3;1H2;1H;;/q;;;;+1;/p-1. The molecule has 0 aliphatic heterocycles. The first-order valence-corrected chi connectivity index (χ1v) is 14.4. The Hall–Kier alpha value is 1.44. The molecule has 0 aromatic rings. The molecule has 0 rings (SSSR count). The maximum absolute atomic E-state index is 8.00. The van der Waals surface area contributed by atoms with Crippen LogP contribution in [0.2, 0.25) is 0 Å². The average molecular weight is 488 g/mol. The van der Waals surface area contributed by atoms with Gasteiger partial charge in [-0.25, -0.2) is 0 Å². The van der Waals surface area contributed by atoms with Crippen molar-refractivity contribution < 1.29 is 22.1 Å². The molecule has 0 bridgehead atoms. The molecule has 5 heteroatoms. The third-order valence-corrected chi connectivity index (χ3v) is 10.7. The van der Waals surface area contributed by atoms with Gasteiger partial charge in [0.2, 0.25) is 0 Å². The Bertz CT molecular complexity index is 185.